The molecule has 7 heteroatoms. The van der Waals surface area contributed by atoms with Crippen molar-refractivity contribution in [2.24, 2.45) is 5.10 Å². The van der Waals surface area contributed by atoms with Gasteiger partial charge in [0.2, 0.25) is 6.79 Å². The monoisotopic (exact) mass is 389 g/mol. The van der Waals surface area contributed by atoms with Gasteiger partial charge in [0.15, 0.2) is 11.5 Å². The van der Waals surface area contributed by atoms with Crippen LogP contribution in [0.5, 0.6) is 11.5 Å². The Morgan fingerprint density at radius 3 is 2.92 bits per heavy atom. The maximum absolute atomic E-state index is 11.8. The lowest BCUT2D eigenvalue weighted by molar-refractivity contribution is -0.119. The average Bonchev–Trinajstić information content (AvgIpc) is 3.04. The molecule has 0 fully saturated rings. The lowest BCUT2D eigenvalue weighted by Crippen LogP contribution is -2.25. The van der Waals surface area contributed by atoms with E-state index in [1.807, 2.05) is 31.2 Å². The van der Waals surface area contributed by atoms with Crippen LogP contribution in [0.25, 0.3) is 0 Å². The standard InChI is InChI=1S/C17H16BrN3O3/c1-11-2-3-12(6-14(11)18)8-20-21-17(22)9-19-13-4-5-15-16(7-13)24-10-23-15/h2-8,19H,9-10H2,1H3,(H,21,22)/b20-8-. The maximum Gasteiger partial charge on any atom is 0.259 e. The molecule has 0 radical (unpaired) electrons. The van der Waals surface area contributed by atoms with Crippen LogP contribution in [0.3, 0.4) is 0 Å². The Hall–Kier alpha value is -2.54. The highest BCUT2D eigenvalue weighted by molar-refractivity contribution is 9.10. The maximum atomic E-state index is 11.8. The summed E-state index contributed by atoms with van der Waals surface area (Å²) in [5, 5.41) is 6.96. The number of ether oxygens (including phenoxy) is 2. The third-order valence-corrected chi connectivity index (χ3v) is 4.28. The molecule has 0 spiro atoms. The molecule has 0 atom stereocenters. The number of halogens is 1. The summed E-state index contributed by atoms with van der Waals surface area (Å²) in [6, 6.07) is 11.3. The lowest BCUT2D eigenvalue weighted by atomic mass is 10.2. The molecule has 6 nitrogen and oxygen atoms in total. The highest BCUT2D eigenvalue weighted by Crippen LogP contribution is 2.34. The summed E-state index contributed by atoms with van der Waals surface area (Å²) >= 11 is 3.46. The van der Waals surface area contributed by atoms with Crippen molar-refractivity contribution in [1.82, 2.24) is 5.43 Å². The van der Waals surface area contributed by atoms with Crippen molar-refractivity contribution in [3.05, 3.63) is 52.0 Å². The van der Waals surface area contributed by atoms with Crippen molar-refractivity contribution in [3.63, 3.8) is 0 Å². The largest absolute Gasteiger partial charge is 0.454 e. The summed E-state index contributed by atoms with van der Waals surface area (Å²) in [6.07, 6.45) is 1.60. The van der Waals surface area contributed by atoms with Gasteiger partial charge in [-0.3, -0.25) is 4.79 Å². The first-order valence-corrected chi connectivity index (χ1v) is 8.13. The van der Waals surface area contributed by atoms with Gasteiger partial charge in [-0.05, 0) is 36.2 Å². The predicted molar refractivity (Wildman–Crippen MR) is 95.7 cm³/mol. The molecule has 1 aliphatic heterocycles. The fraction of sp³-hybridized carbons (Fsp3) is 0.176. The molecule has 24 heavy (non-hydrogen) atoms. The number of nitrogens with zero attached hydrogens (tertiary/aromatic N) is 1. The normalized spacial score (nSPS) is 12.4. The lowest BCUT2D eigenvalue weighted by Gasteiger charge is -2.06. The Balaban J connectivity index is 1.49. The zero-order valence-corrected chi connectivity index (χ0v) is 14.6. The summed E-state index contributed by atoms with van der Waals surface area (Å²) in [5.41, 5.74) is 5.31. The zero-order chi connectivity index (χ0) is 16.9. The van der Waals surface area contributed by atoms with E-state index in [9.17, 15) is 4.79 Å². The predicted octanol–water partition coefficient (Wildman–Crippen LogP) is 3.05. The summed E-state index contributed by atoms with van der Waals surface area (Å²) in [4.78, 5) is 11.8. The van der Waals surface area contributed by atoms with Crippen LogP contribution in [0.2, 0.25) is 0 Å². The minimum Gasteiger partial charge on any atom is -0.454 e. The quantitative estimate of drug-likeness (QED) is 0.608. The van der Waals surface area contributed by atoms with E-state index in [1.165, 1.54) is 0 Å². The molecule has 124 valence electrons. The Morgan fingerprint density at radius 2 is 2.08 bits per heavy atom. The molecule has 2 N–H and O–H groups in total. The Kier molecular flexibility index (Phi) is 5.00. The van der Waals surface area contributed by atoms with E-state index < -0.39 is 0 Å². The van der Waals surface area contributed by atoms with Crippen molar-refractivity contribution in [2.45, 2.75) is 6.92 Å². The number of hydrazone groups is 1. The van der Waals surface area contributed by atoms with Crippen LogP contribution in [0.1, 0.15) is 11.1 Å². The van der Waals surface area contributed by atoms with Gasteiger partial charge in [0.05, 0.1) is 12.8 Å². The number of carbonyl (C=O) groups is 1. The van der Waals surface area contributed by atoms with E-state index in [-0.39, 0.29) is 19.2 Å². The minimum absolute atomic E-state index is 0.106. The number of nitrogens with one attached hydrogen (secondary N) is 2. The third kappa shape index (κ3) is 4.05. The second kappa shape index (κ2) is 7.35. The van der Waals surface area contributed by atoms with Gasteiger partial charge in [-0.15, -0.1) is 0 Å². The van der Waals surface area contributed by atoms with Crippen LogP contribution >= 0.6 is 15.9 Å². The van der Waals surface area contributed by atoms with Gasteiger partial charge < -0.3 is 14.8 Å². The van der Waals surface area contributed by atoms with Crippen molar-refractivity contribution in [3.8, 4) is 11.5 Å². The highest BCUT2D eigenvalue weighted by atomic mass is 79.9. The van der Waals surface area contributed by atoms with Gasteiger partial charge in [-0.2, -0.15) is 5.10 Å². The third-order valence-electron chi connectivity index (χ3n) is 3.42. The Bertz CT molecular complexity index is 793. The van der Waals surface area contributed by atoms with Crippen LogP contribution in [0, 0.1) is 6.92 Å². The molecule has 0 bridgehead atoms. The molecule has 0 aliphatic carbocycles. The number of carbonyl (C=O) groups excluding carboxylic acids is 1. The Labute approximate surface area is 148 Å². The second-order valence-corrected chi connectivity index (χ2v) is 6.08. The van der Waals surface area contributed by atoms with Crippen LogP contribution in [-0.4, -0.2) is 25.5 Å². The molecule has 0 unspecified atom stereocenters. The van der Waals surface area contributed by atoms with E-state index in [0.29, 0.717) is 11.5 Å². The average molecular weight is 390 g/mol. The number of fused-ring (bicyclic) bond motifs is 1. The molecular weight excluding hydrogens is 374 g/mol. The van der Waals surface area contributed by atoms with E-state index >= 15 is 0 Å². The zero-order valence-electron chi connectivity index (χ0n) is 13.0. The topological polar surface area (TPSA) is 72.0 Å². The molecule has 0 saturated heterocycles. The van der Waals surface area contributed by atoms with Crippen molar-refractivity contribution < 1.29 is 14.3 Å². The number of benzene rings is 2. The first-order valence-electron chi connectivity index (χ1n) is 7.33. The van der Waals surface area contributed by atoms with Crippen LogP contribution in [0.15, 0.2) is 46.0 Å². The van der Waals surface area contributed by atoms with Crippen LogP contribution in [0.4, 0.5) is 5.69 Å². The van der Waals surface area contributed by atoms with E-state index in [2.05, 4.69) is 31.8 Å². The highest BCUT2D eigenvalue weighted by Gasteiger charge is 2.13. The molecule has 1 amide bonds. The number of hydrogen-bond donors (Lipinski definition) is 2. The number of aryl methyl sites for hydroxylation is 1. The van der Waals surface area contributed by atoms with Gasteiger partial charge in [-0.25, -0.2) is 5.43 Å². The van der Waals surface area contributed by atoms with Gasteiger partial charge in [-0.1, -0.05) is 28.1 Å². The summed E-state index contributed by atoms with van der Waals surface area (Å²) in [5.74, 6) is 1.14. The SMILES string of the molecule is Cc1ccc(/C=N\NC(=O)CNc2ccc3c(c2)OCO3)cc1Br. The second-order valence-electron chi connectivity index (χ2n) is 5.22. The summed E-state index contributed by atoms with van der Waals surface area (Å²) in [6.45, 7) is 2.34. The molecule has 1 aliphatic rings. The number of hydrogen-bond acceptors (Lipinski definition) is 5. The number of rotatable bonds is 5. The van der Waals surface area contributed by atoms with Gasteiger partial charge in [0.25, 0.3) is 5.91 Å². The van der Waals surface area contributed by atoms with Gasteiger partial charge in [0.1, 0.15) is 0 Å². The molecule has 1 heterocycles. The molecular formula is C17H16BrN3O3. The molecule has 3 rings (SSSR count). The van der Waals surface area contributed by atoms with Crippen molar-refractivity contribution in [2.75, 3.05) is 18.7 Å². The minimum atomic E-state index is -0.241. The molecule has 2 aromatic rings. The Morgan fingerprint density at radius 1 is 1.25 bits per heavy atom. The smallest absolute Gasteiger partial charge is 0.259 e. The summed E-state index contributed by atoms with van der Waals surface area (Å²) < 4.78 is 11.5. The fourth-order valence-electron chi connectivity index (χ4n) is 2.10. The van der Waals surface area contributed by atoms with E-state index in [4.69, 9.17) is 9.47 Å². The van der Waals surface area contributed by atoms with Crippen LogP contribution < -0.4 is 20.2 Å². The molecule has 0 saturated carbocycles. The van der Waals surface area contributed by atoms with Crippen molar-refractivity contribution >= 4 is 33.7 Å². The molecule has 2 aromatic carbocycles. The fourth-order valence-corrected chi connectivity index (χ4v) is 2.49. The number of anilines is 1. The first-order chi connectivity index (χ1) is 11.6. The van der Waals surface area contributed by atoms with Gasteiger partial charge >= 0.3 is 0 Å². The molecule has 0 aromatic heterocycles. The van der Waals surface area contributed by atoms with Crippen molar-refractivity contribution in [1.29, 1.82) is 0 Å². The number of amides is 1. The van der Waals surface area contributed by atoms with Gasteiger partial charge in [0, 0.05) is 16.2 Å². The van der Waals surface area contributed by atoms with Crippen LogP contribution in [-0.2, 0) is 4.79 Å². The summed E-state index contributed by atoms with van der Waals surface area (Å²) in [7, 11) is 0. The van der Waals surface area contributed by atoms with E-state index in [1.54, 1.807) is 18.3 Å². The van der Waals surface area contributed by atoms with E-state index in [0.717, 1.165) is 21.3 Å². The first kappa shape index (κ1) is 16.3.